The number of anilines is 2. The van der Waals surface area contributed by atoms with Crippen LogP contribution in [0.1, 0.15) is 16.1 Å². The summed E-state index contributed by atoms with van der Waals surface area (Å²) < 4.78 is 70.9. The van der Waals surface area contributed by atoms with Crippen molar-refractivity contribution in [2.24, 2.45) is 5.14 Å². The molecule has 5 aromatic rings. The molecule has 3 aromatic carbocycles. The topological polar surface area (TPSA) is 150 Å². The molecule has 2 aromatic heterocycles. The van der Waals surface area contributed by atoms with E-state index in [-0.39, 0.29) is 27.6 Å². The number of nitrogen functional groups attached to an aromatic ring is 1. The molecule has 0 radical (unpaired) electrons. The minimum atomic E-state index is -4.96. The number of primary sulfonamides is 1. The predicted molar refractivity (Wildman–Crippen MR) is 140 cm³/mol. The van der Waals surface area contributed by atoms with Crippen LogP contribution in [0.25, 0.3) is 33.4 Å². The third kappa shape index (κ3) is 4.26. The standard InChI is InChI=1S/C26H19F3N6O4S/c27-26(28,29)35-21(13-19(32-35)15-6-8-22-18(12-15)24(30)33-39-22)25(36)34-10-9-16-11-14(5-7-20(16)34)17-3-1-2-4-23(17)40(31,37)38/h1-8,11-13H,9-10H2,(H2,30,33)(H2,31,37,38). The number of halogens is 3. The number of carbonyl (C=O) groups excluding carboxylic acids is 1. The first kappa shape index (κ1) is 25.6. The van der Waals surface area contributed by atoms with Gasteiger partial charge in [0.05, 0.1) is 16.0 Å². The number of sulfonamides is 1. The average Bonchev–Trinajstić information content (AvgIpc) is 3.64. The molecular formula is C26H19F3N6O4S. The van der Waals surface area contributed by atoms with Crippen molar-refractivity contribution in [2.75, 3.05) is 17.2 Å². The first-order valence-corrected chi connectivity index (χ1v) is 13.4. The summed E-state index contributed by atoms with van der Waals surface area (Å²) in [6.45, 7) is 0.121. The van der Waals surface area contributed by atoms with Gasteiger partial charge in [-0.2, -0.15) is 9.78 Å². The van der Waals surface area contributed by atoms with Crippen molar-refractivity contribution in [3.05, 3.63) is 78.0 Å². The summed E-state index contributed by atoms with van der Waals surface area (Å²) in [6.07, 6.45) is -4.61. The SMILES string of the molecule is Nc1noc2ccc(-c3cc(C(=O)N4CCc5cc(-c6ccccc6S(N)(=O)=O)ccc54)n(C(F)(F)F)n3)cc12. The molecule has 6 rings (SSSR count). The Morgan fingerprint density at radius 2 is 1.75 bits per heavy atom. The summed E-state index contributed by atoms with van der Waals surface area (Å²) in [6, 6.07) is 16.7. The molecule has 4 N–H and O–H groups in total. The van der Waals surface area contributed by atoms with Crippen molar-refractivity contribution in [2.45, 2.75) is 17.6 Å². The summed E-state index contributed by atoms with van der Waals surface area (Å²) >= 11 is 0. The van der Waals surface area contributed by atoms with E-state index in [2.05, 4.69) is 10.3 Å². The second-order valence-electron chi connectivity index (χ2n) is 9.16. The quantitative estimate of drug-likeness (QED) is 0.329. The van der Waals surface area contributed by atoms with E-state index >= 15 is 0 Å². The van der Waals surface area contributed by atoms with E-state index in [4.69, 9.17) is 15.4 Å². The lowest BCUT2D eigenvalue weighted by Gasteiger charge is -2.19. The smallest absolute Gasteiger partial charge is 0.380 e. The van der Waals surface area contributed by atoms with Crippen molar-refractivity contribution in [3.63, 3.8) is 0 Å². The number of aromatic nitrogens is 3. The number of fused-ring (bicyclic) bond motifs is 2. The molecule has 1 aliphatic rings. The van der Waals surface area contributed by atoms with Gasteiger partial charge in [-0.25, -0.2) is 13.6 Å². The molecule has 204 valence electrons. The van der Waals surface area contributed by atoms with Gasteiger partial charge in [-0.1, -0.05) is 29.4 Å². The number of benzene rings is 3. The normalized spacial score (nSPS) is 13.7. The summed E-state index contributed by atoms with van der Waals surface area (Å²) in [5, 5.41) is 13.1. The largest absolute Gasteiger partial charge is 0.505 e. The highest BCUT2D eigenvalue weighted by Gasteiger charge is 2.39. The Hall–Kier alpha value is -4.69. The van der Waals surface area contributed by atoms with Gasteiger partial charge < -0.3 is 15.2 Å². The fourth-order valence-corrected chi connectivity index (χ4v) is 5.62. The molecule has 0 saturated heterocycles. The Morgan fingerprint density at radius 1 is 1.00 bits per heavy atom. The van der Waals surface area contributed by atoms with Gasteiger partial charge in [-0.15, -0.1) is 13.2 Å². The summed E-state index contributed by atoms with van der Waals surface area (Å²) in [4.78, 5) is 14.7. The Morgan fingerprint density at radius 3 is 2.50 bits per heavy atom. The van der Waals surface area contributed by atoms with Crippen molar-refractivity contribution >= 4 is 38.4 Å². The van der Waals surface area contributed by atoms with Crippen molar-refractivity contribution in [3.8, 4) is 22.4 Å². The Labute approximate surface area is 224 Å². The minimum Gasteiger partial charge on any atom is -0.380 e. The van der Waals surface area contributed by atoms with Crippen LogP contribution in [0, 0.1) is 0 Å². The molecule has 0 atom stereocenters. The van der Waals surface area contributed by atoms with Crippen LogP contribution in [0.3, 0.4) is 0 Å². The lowest BCUT2D eigenvalue weighted by atomic mass is 10.0. The molecule has 14 heteroatoms. The van der Waals surface area contributed by atoms with E-state index < -0.39 is 27.9 Å². The summed E-state index contributed by atoms with van der Waals surface area (Å²) in [7, 11) is -4.00. The predicted octanol–water partition coefficient (Wildman–Crippen LogP) is 4.27. The zero-order valence-electron chi connectivity index (χ0n) is 20.4. The monoisotopic (exact) mass is 568 g/mol. The third-order valence-electron chi connectivity index (χ3n) is 6.69. The van der Waals surface area contributed by atoms with Gasteiger partial charge in [0.15, 0.2) is 11.4 Å². The van der Waals surface area contributed by atoms with Crippen LogP contribution < -0.4 is 15.8 Å². The molecule has 1 amide bonds. The van der Waals surface area contributed by atoms with Gasteiger partial charge in [0.25, 0.3) is 5.91 Å². The average molecular weight is 569 g/mol. The maximum atomic E-state index is 14.0. The van der Waals surface area contributed by atoms with Crippen LogP contribution in [-0.4, -0.2) is 35.8 Å². The number of hydrogen-bond acceptors (Lipinski definition) is 7. The molecule has 40 heavy (non-hydrogen) atoms. The van der Waals surface area contributed by atoms with Crippen LogP contribution in [0.5, 0.6) is 0 Å². The van der Waals surface area contributed by atoms with E-state index in [0.29, 0.717) is 45.3 Å². The van der Waals surface area contributed by atoms with Crippen LogP contribution in [0.4, 0.5) is 24.7 Å². The Balaban J connectivity index is 1.38. The molecule has 10 nitrogen and oxygen atoms in total. The molecule has 0 saturated carbocycles. The second kappa shape index (κ2) is 8.93. The molecule has 0 fully saturated rings. The van der Waals surface area contributed by atoms with Crippen molar-refractivity contribution in [1.29, 1.82) is 0 Å². The highest BCUT2D eigenvalue weighted by molar-refractivity contribution is 7.89. The lowest BCUT2D eigenvalue weighted by molar-refractivity contribution is -0.212. The molecule has 0 unspecified atom stereocenters. The number of amides is 1. The number of nitrogens with two attached hydrogens (primary N) is 2. The van der Waals surface area contributed by atoms with Gasteiger partial charge in [0.1, 0.15) is 5.69 Å². The maximum absolute atomic E-state index is 14.0. The number of hydrogen-bond donors (Lipinski definition) is 2. The minimum absolute atomic E-state index is 0.0615. The maximum Gasteiger partial charge on any atom is 0.505 e. The van der Waals surface area contributed by atoms with Crippen LogP contribution in [0.2, 0.25) is 0 Å². The fourth-order valence-electron chi connectivity index (χ4n) is 4.86. The van der Waals surface area contributed by atoms with Gasteiger partial charge in [-0.05, 0) is 60.0 Å². The first-order valence-electron chi connectivity index (χ1n) is 11.8. The Bertz CT molecular complexity index is 1930. The molecule has 3 heterocycles. The third-order valence-corrected chi connectivity index (χ3v) is 7.66. The fraction of sp³-hybridized carbons (Fsp3) is 0.115. The van der Waals surface area contributed by atoms with Crippen molar-refractivity contribution < 1.29 is 30.9 Å². The number of rotatable bonds is 4. The van der Waals surface area contributed by atoms with Crippen LogP contribution in [-0.2, 0) is 22.7 Å². The molecular weight excluding hydrogens is 549 g/mol. The zero-order valence-corrected chi connectivity index (χ0v) is 21.2. The highest BCUT2D eigenvalue weighted by atomic mass is 32.2. The zero-order chi connectivity index (χ0) is 28.4. The van der Waals surface area contributed by atoms with Gasteiger partial charge in [0.2, 0.25) is 10.0 Å². The summed E-state index contributed by atoms with van der Waals surface area (Å²) in [5.74, 6) is -0.818. The van der Waals surface area contributed by atoms with E-state index in [1.807, 2.05) is 0 Å². The first-order chi connectivity index (χ1) is 18.9. The molecule has 0 spiro atoms. The number of nitrogens with zero attached hydrogens (tertiary/aromatic N) is 4. The van der Waals surface area contributed by atoms with Gasteiger partial charge >= 0.3 is 6.30 Å². The van der Waals surface area contributed by atoms with E-state index in [1.165, 1.54) is 29.2 Å². The summed E-state index contributed by atoms with van der Waals surface area (Å²) in [5.41, 5.74) is 7.67. The van der Waals surface area contributed by atoms with E-state index in [0.717, 1.165) is 6.07 Å². The molecule has 0 bridgehead atoms. The van der Waals surface area contributed by atoms with Crippen LogP contribution >= 0.6 is 0 Å². The van der Waals surface area contributed by atoms with E-state index in [9.17, 15) is 26.4 Å². The molecule has 1 aliphatic heterocycles. The number of carbonyl (C=O) groups is 1. The van der Waals surface area contributed by atoms with Gasteiger partial charge in [-0.3, -0.25) is 4.79 Å². The van der Waals surface area contributed by atoms with E-state index in [1.54, 1.807) is 36.4 Å². The number of alkyl halides is 3. The van der Waals surface area contributed by atoms with Crippen LogP contribution in [0.15, 0.2) is 76.1 Å². The second-order valence-corrected chi connectivity index (χ2v) is 10.7. The highest BCUT2D eigenvalue weighted by Crippen LogP contribution is 2.37. The Kier molecular flexibility index (Phi) is 5.71. The van der Waals surface area contributed by atoms with Gasteiger partial charge in [0, 0.05) is 23.4 Å². The van der Waals surface area contributed by atoms with Crippen molar-refractivity contribution in [1.82, 2.24) is 14.9 Å². The molecule has 0 aliphatic carbocycles. The lowest BCUT2D eigenvalue weighted by Crippen LogP contribution is -2.33.